The van der Waals surface area contributed by atoms with Crippen LogP contribution in [0.2, 0.25) is 0 Å². The third-order valence-electron chi connectivity index (χ3n) is 8.33. The Bertz CT molecular complexity index is 1720. The Balaban J connectivity index is 1.31. The number of rotatable bonds is 9. The van der Waals surface area contributed by atoms with Crippen molar-refractivity contribution in [3.63, 3.8) is 0 Å². The van der Waals surface area contributed by atoms with E-state index >= 15 is 0 Å². The molecule has 0 unspecified atom stereocenters. The molecule has 0 saturated carbocycles. The fourth-order valence-electron chi connectivity index (χ4n) is 5.54. The van der Waals surface area contributed by atoms with Crippen molar-refractivity contribution >= 4 is 28.8 Å². The molecule has 1 fully saturated rings. The van der Waals surface area contributed by atoms with E-state index in [-0.39, 0.29) is 22.7 Å². The van der Waals surface area contributed by atoms with Gasteiger partial charge in [-0.1, -0.05) is 51.5 Å². The number of piperidine rings is 1. The van der Waals surface area contributed by atoms with E-state index in [4.69, 9.17) is 10.5 Å². The summed E-state index contributed by atoms with van der Waals surface area (Å²) in [5.74, 6) is 0.593. The molecule has 1 aliphatic heterocycles. The van der Waals surface area contributed by atoms with Gasteiger partial charge in [-0.2, -0.15) is 0 Å². The van der Waals surface area contributed by atoms with Crippen LogP contribution >= 0.6 is 0 Å². The summed E-state index contributed by atoms with van der Waals surface area (Å²) < 4.78 is 7.45. The van der Waals surface area contributed by atoms with Crippen molar-refractivity contribution in [2.75, 3.05) is 42.6 Å². The highest BCUT2D eigenvalue weighted by molar-refractivity contribution is 6.05. The minimum Gasteiger partial charge on any atom is -0.490 e. The number of aryl methyl sites for hydroxylation is 1. The highest BCUT2D eigenvalue weighted by Gasteiger charge is 2.17. The smallest absolute Gasteiger partial charge is 0.293 e. The number of hydrogen-bond donors (Lipinski definition) is 3. The minimum atomic E-state index is -0.278. The summed E-state index contributed by atoms with van der Waals surface area (Å²) in [6, 6.07) is 18.7. The summed E-state index contributed by atoms with van der Waals surface area (Å²) in [6.07, 6.45) is 5.48. The summed E-state index contributed by atoms with van der Waals surface area (Å²) in [5.41, 5.74) is 11.8. The molecule has 45 heavy (non-hydrogen) atoms. The number of aromatic nitrogens is 2. The number of anilines is 4. The second kappa shape index (κ2) is 13.6. The van der Waals surface area contributed by atoms with Crippen LogP contribution in [0.1, 0.15) is 61.5 Å². The molecule has 5 rings (SSSR count). The second-order valence-corrected chi connectivity index (χ2v) is 12.8. The van der Waals surface area contributed by atoms with E-state index < -0.39 is 0 Å². The van der Waals surface area contributed by atoms with E-state index in [1.807, 2.05) is 61.5 Å². The number of amides is 1. The molecule has 1 saturated heterocycles. The first-order chi connectivity index (χ1) is 21.5. The predicted molar refractivity (Wildman–Crippen MR) is 183 cm³/mol. The minimum absolute atomic E-state index is 0.00724. The zero-order valence-electron chi connectivity index (χ0n) is 26.9. The van der Waals surface area contributed by atoms with Crippen LogP contribution < -0.4 is 26.7 Å². The fraction of sp³-hybridized carbons (Fsp3) is 0.361. The molecular formula is C36H44N6O3. The van der Waals surface area contributed by atoms with Crippen LogP contribution in [0.5, 0.6) is 5.75 Å². The quantitative estimate of drug-likeness (QED) is 0.186. The van der Waals surface area contributed by atoms with E-state index in [0.717, 1.165) is 36.3 Å². The third-order valence-corrected chi connectivity index (χ3v) is 8.33. The molecule has 0 atom stereocenters. The van der Waals surface area contributed by atoms with Crippen LogP contribution in [0.25, 0.3) is 11.3 Å². The topological polar surface area (TPSA) is 115 Å². The number of likely N-dealkylation sites (tertiary alicyclic amines) is 1. The van der Waals surface area contributed by atoms with Gasteiger partial charge in [0.1, 0.15) is 12.4 Å². The van der Waals surface area contributed by atoms with E-state index in [0.29, 0.717) is 40.7 Å². The van der Waals surface area contributed by atoms with Gasteiger partial charge in [-0.05, 0) is 85.8 Å². The molecule has 4 N–H and O–H groups in total. The number of hydrogen-bond acceptors (Lipinski definition) is 7. The number of carbonyl (C=O) groups excluding carboxylic acids is 1. The van der Waals surface area contributed by atoms with Crippen molar-refractivity contribution in [2.24, 2.45) is 7.05 Å². The summed E-state index contributed by atoms with van der Waals surface area (Å²) in [5, 5.41) is 6.18. The summed E-state index contributed by atoms with van der Waals surface area (Å²) in [4.78, 5) is 33.3. The number of nitrogens with two attached hydrogens (primary N) is 1. The molecule has 0 bridgehead atoms. The number of nitrogens with one attached hydrogen (secondary N) is 2. The molecule has 1 aromatic heterocycles. The van der Waals surface area contributed by atoms with Gasteiger partial charge in [0.15, 0.2) is 5.82 Å². The fourth-order valence-corrected chi connectivity index (χ4v) is 5.54. The van der Waals surface area contributed by atoms with Crippen molar-refractivity contribution < 1.29 is 9.53 Å². The van der Waals surface area contributed by atoms with Gasteiger partial charge in [-0.3, -0.25) is 14.5 Å². The van der Waals surface area contributed by atoms with Crippen LogP contribution in [0.15, 0.2) is 71.7 Å². The normalized spacial score (nSPS) is 13.8. The van der Waals surface area contributed by atoms with Gasteiger partial charge in [0.05, 0.1) is 11.4 Å². The maximum Gasteiger partial charge on any atom is 0.293 e. The molecule has 0 spiro atoms. The largest absolute Gasteiger partial charge is 0.490 e. The lowest BCUT2D eigenvalue weighted by Gasteiger charge is -2.26. The van der Waals surface area contributed by atoms with Crippen molar-refractivity contribution in [3.05, 3.63) is 93.9 Å². The average molecular weight is 609 g/mol. The van der Waals surface area contributed by atoms with E-state index in [1.54, 1.807) is 19.3 Å². The molecule has 1 aliphatic rings. The lowest BCUT2D eigenvalue weighted by molar-refractivity contribution is 0.102. The molecule has 3 aromatic carbocycles. The zero-order chi connectivity index (χ0) is 32.1. The van der Waals surface area contributed by atoms with E-state index in [1.165, 1.54) is 23.8 Å². The number of nitrogens with zero attached hydrogens (tertiary/aromatic N) is 3. The number of nitrogen functional groups attached to an aromatic ring is 1. The maximum absolute atomic E-state index is 13.1. The summed E-state index contributed by atoms with van der Waals surface area (Å²) in [7, 11) is 1.69. The number of ether oxygens (including phenoxy) is 1. The zero-order valence-corrected chi connectivity index (χ0v) is 26.9. The number of benzene rings is 3. The van der Waals surface area contributed by atoms with Gasteiger partial charge in [-0.25, -0.2) is 4.98 Å². The first-order valence-electron chi connectivity index (χ1n) is 15.6. The number of carbonyl (C=O) groups is 1. The monoisotopic (exact) mass is 608 g/mol. The van der Waals surface area contributed by atoms with Crippen LogP contribution in [0.4, 0.5) is 22.9 Å². The Morgan fingerprint density at radius 2 is 1.76 bits per heavy atom. The second-order valence-electron chi connectivity index (χ2n) is 12.8. The average Bonchev–Trinajstić information content (AvgIpc) is 3.01. The first-order valence-corrected chi connectivity index (χ1v) is 15.6. The van der Waals surface area contributed by atoms with Gasteiger partial charge >= 0.3 is 0 Å². The molecule has 1 amide bonds. The maximum atomic E-state index is 13.1. The van der Waals surface area contributed by atoms with E-state index in [2.05, 4.69) is 41.3 Å². The van der Waals surface area contributed by atoms with Crippen molar-refractivity contribution in [3.8, 4) is 17.0 Å². The summed E-state index contributed by atoms with van der Waals surface area (Å²) >= 11 is 0. The highest BCUT2D eigenvalue weighted by atomic mass is 16.5. The lowest BCUT2D eigenvalue weighted by atomic mass is 9.86. The molecule has 4 aromatic rings. The summed E-state index contributed by atoms with van der Waals surface area (Å²) in [6.45, 7) is 12.0. The van der Waals surface area contributed by atoms with Crippen molar-refractivity contribution in [1.29, 1.82) is 0 Å². The predicted octanol–water partition coefficient (Wildman–Crippen LogP) is 6.50. The Kier molecular flexibility index (Phi) is 9.58. The lowest BCUT2D eigenvalue weighted by Crippen LogP contribution is -2.33. The molecule has 0 radical (unpaired) electrons. The van der Waals surface area contributed by atoms with Crippen LogP contribution in [-0.4, -0.2) is 46.6 Å². The Morgan fingerprint density at radius 1 is 1.02 bits per heavy atom. The molecule has 2 heterocycles. The molecule has 9 heteroatoms. The van der Waals surface area contributed by atoms with Gasteiger partial charge in [0.25, 0.3) is 11.5 Å². The molecular weight excluding hydrogens is 564 g/mol. The van der Waals surface area contributed by atoms with Crippen LogP contribution in [0, 0.1) is 6.92 Å². The molecule has 236 valence electrons. The first kappa shape index (κ1) is 31.8. The molecule has 0 aliphatic carbocycles. The van der Waals surface area contributed by atoms with Crippen LogP contribution in [0.3, 0.4) is 0 Å². The Morgan fingerprint density at radius 3 is 2.44 bits per heavy atom. The molecule has 9 nitrogen and oxygen atoms in total. The van der Waals surface area contributed by atoms with Crippen molar-refractivity contribution in [1.82, 2.24) is 14.5 Å². The van der Waals surface area contributed by atoms with Gasteiger partial charge in [0.2, 0.25) is 0 Å². The standard InChI is InChI=1S/C36H44N6O3/c1-24-28(10-9-11-30(24)40-34(43)25-12-14-26(15-13-25)36(2,3)4)31-23-41(5)35(44)33(39-31)38-27-16-17-32(29(37)22-27)45-21-20-42-18-7-6-8-19-42/h9-17,22-23H,6-8,18-21,37H2,1-5H3,(H,38,39)(H,40,43). The SMILES string of the molecule is Cc1c(NC(=O)c2ccc(C(C)(C)C)cc2)cccc1-c1cn(C)c(=O)c(Nc2ccc(OCCN3CCCCC3)c(N)c2)n1. The van der Waals surface area contributed by atoms with Gasteiger partial charge in [-0.15, -0.1) is 0 Å². The van der Waals surface area contributed by atoms with Crippen molar-refractivity contribution in [2.45, 2.75) is 52.4 Å². The van der Waals surface area contributed by atoms with Gasteiger partial charge in [0, 0.05) is 42.3 Å². The Labute approximate surface area is 265 Å². The highest BCUT2D eigenvalue weighted by Crippen LogP contribution is 2.30. The third kappa shape index (κ3) is 7.72. The van der Waals surface area contributed by atoms with Gasteiger partial charge < -0.3 is 25.7 Å². The Hall–Kier alpha value is -4.63. The van der Waals surface area contributed by atoms with E-state index in [9.17, 15) is 9.59 Å². The van der Waals surface area contributed by atoms with Crippen LogP contribution in [-0.2, 0) is 12.5 Å².